The number of aliphatic hydroxyl groups is 1. The summed E-state index contributed by atoms with van der Waals surface area (Å²) in [6, 6.07) is 0. The van der Waals surface area contributed by atoms with Crippen molar-refractivity contribution in [2.75, 3.05) is 13.7 Å². The van der Waals surface area contributed by atoms with Gasteiger partial charge >= 0.3 is 0 Å². The van der Waals surface area contributed by atoms with Gasteiger partial charge in [-0.1, -0.05) is 6.92 Å². The van der Waals surface area contributed by atoms with Crippen LogP contribution in [0.25, 0.3) is 0 Å². The first-order valence-electron chi connectivity index (χ1n) is 6.11. The zero-order valence-corrected chi connectivity index (χ0v) is 10.9. The third kappa shape index (κ3) is 2.63. The maximum Gasteiger partial charge on any atom is 0.190 e. The summed E-state index contributed by atoms with van der Waals surface area (Å²) < 4.78 is 22.7. The number of aliphatic hydroxyl groups excluding tert-OH is 1. The maximum absolute atomic E-state index is 9.08. The van der Waals surface area contributed by atoms with Crippen LogP contribution in [0.1, 0.15) is 27.2 Å². The van der Waals surface area contributed by atoms with Crippen LogP contribution < -0.4 is 0 Å². The van der Waals surface area contributed by atoms with E-state index in [0.717, 1.165) is 6.42 Å². The van der Waals surface area contributed by atoms with Crippen LogP contribution >= 0.6 is 0 Å². The van der Waals surface area contributed by atoms with Gasteiger partial charge in [-0.15, -0.1) is 0 Å². The summed E-state index contributed by atoms with van der Waals surface area (Å²) >= 11 is 0. The van der Waals surface area contributed by atoms with E-state index >= 15 is 0 Å². The highest BCUT2D eigenvalue weighted by molar-refractivity contribution is 4.94. The number of hydrogen-bond acceptors (Lipinski definition) is 5. The zero-order chi connectivity index (χ0) is 12.6. The van der Waals surface area contributed by atoms with Crippen molar-refractivity contribution in [1.29, 1.82) is 0 Å². The summed E-state index contributed by atoms with van der Waals surface area (Å²) in [5.41, 5.74) is 0. The molecule has 2 aliphatic heterocycles. The minimum absolute atomic E-state index is 0.0757. The molecule has 2 rings (SSSR count). The molecule has 0 radical (unpaired) electrons. The fraction of sp³-hybridized carbons (Fsp3) is 1.00. The molecule has 2 heterocycles. The number of hydrogen-bond donors (Lipinski definition) is 1. The molecular formula is C12H22O5. The van der Waals surface area contributed by atoms with Crippen LogP contribution in [0.2, 0.25) is 0 Å². The van der Waals surface area contributed by atoms with Crippen molar-refractivity contribution >= 4 is 0 Å². The first kappa shape index (κ1) is 13.2. The molecule has 0 aromatic heterocycles. The molecule has 0 aromatic carbocycles. The molecule has 2 saturated heterocycles. The summed E-state index contributed by atoms with van der Waals surface area (Å²) in [6.45, 7) is 5.87. The quantitative estimate of drug-likeness (QED) is 0.798. The van der Waals surface area contributed by atoms with Crippen LogP contribution in [0.4, 0.5) is 0 Å². The van der Waals surface area contributed by atoms with Gasteiger partial charge in [0.2, 0.25) is 0 Å². The summed E-state index contributed by atoms with van der Waals surface area (Å²) in [5.74, 6) is -0.427. The maximum atomic E-state index is 9.08. The van der Waals surface area contributed by atoms with Crippen LogP contribution in [-0.4, -0.2) is 49.2 Å². The molecule has 5 heteroatoms. The van der Waals surface area contributed by atoms with E-state index in [2.05, 4.69) is 0 Å². The zero-order valence-electron chi connectivity index (χ0n) is 10.9. The smallest absolute Gasteiger partial charge is 0.190 e. The van der Waals surface area contributed by atoms with Crippen molar-refractivity contribution in [2.24, 2.45) is 5.92 Å². The molecule has 0 saturated carbocycles. The highest BCUT2D eigenvalue weighted by Gasteiger charge is 2.54. The molecule has 100 valence electrons. The Hall–Kier alpha value is -0.200. The highest BCUT2D eigenvalue weighted by Crippen LogP contribution is 2.39. The molecule has 17 heavy (non-hydrogen) atoms. The monoisotopic (exact) mass is 246 g/mol. The lowest BCUT2D eigenvalue weighted by molar-refractivity contribution is -0.218. The van der Waals surface area contributed by atoms with Crippen LogP contribution in [-0.2, 0) is 18.9 Å². The Balaban J connectivity index is 2.00. The molecule has 0 amide bonds. The third-order valence-electron chi connectivity index (χ3n) is 3.31. The van der Waals surface area contributed by atoms with Gasteiger partial charge in [0.25, 0.3) is 0 Å². The van der Waals surface area contributed by atoms with E-state index in [-0.39, 0.29) is 37.1 Å². The van der Waals surface area contributed by atoms with Crippen LogP contribution in [0.15, 0.2) is 0 Å². The lowest BCUT2D eigenvalue weighted by Crippen LogP contribution is -2.37. The SMILES string of the molecule is CO[C@@H]1[C@H]2OC(C)(C)O[C@H]2O[C@@H]1CC(C)CO. The lowest BCUT2D eigenvalue weighted by Gasteiger charge is -2.26. The van der Waals surface area contributed by atoms with Crippen molar-refractivity contribution in [2.45, 2.75) is 57.6 Å². The molecule has 0 aromatic rings. The molecule has 2 fully saturated rings. The Labute approximate surface area is 102 Å². The van der Waals surface area contributed by atoms with Gasteiger partial charge in [0.15, 0.2) is 12.1 Å². The molecule has 0 bridgehead atoms. The molecule has 1 unspecified atom stereocenters. The van der Waals surface area contributed by atoms with E-state index in [1.54, 1.807) is 7.11 Å². The topological polar surface area (TPSA) is 57.2 Å². The van der Waals surface area contributed by atoms with Crippen molar-refractivity contribution < 1.29 is 24.1 Å². The van der Waals surface area contributed by atoms with Crippen LogP contribution in [0, 0.1) is 5.92 Å². The van der Waals surface area contributed by atoms with Crippen LogP contribution in [0.3, 0.4) is 0 Å². The van der Waals surface area contributed by atoms with Gasteiger partial charge in [-0.25, -0.2) is 0 Å². The van der Waals surface area contributed by atoms with Crippen LogP contribution in [0.5, 0.6) is 0 Å². The Morgan fingerprint density at radius 1 is 1.35 bits per heavy atom. The first-order valence-corrected chi connectivity index (χ1v) is 6.11. The van der Waals surface area contributed by atoms with E-state index < -0.39 is 5.79 Å². The second-order valence-corrected chi connectivity index (χ2v) is 5.37. The second-order valence-electron chi connectivity index (χ2n) is 5.37. The van der Waals surface area contributed by atoms with Crippen molar-refractivity contribution in [1.82, 2.24) is 0 Å². The van der Waals surface area contributed by atoms with Gasteiger partial charge in [-0.2, -0.15) is 0 Å². The number of fused-ring (bicyclic) bond motifs is 1. The summed E-state index contributed by atoms with van der Waals surface area (Å²) in [7, 11) is 1.65. The Kier molecular flexibility index (Phi) is 3.75. The largest absolute Gasteiger partial charge is 0.396 e. The van der Waals surface area contributed by atoms with Gasteiger partial charge in [-0.05, 0) is 26.2 Å². The standard InChI is InChI=1S/C12H22O5/c1-7(6-13)5-8-9(14-4)10-11(15-8)17-12(2,3)16-10/h7-11,13H,5-6H2,1-4H3/t7?,8-,9+,10-,11-/m1/s1. The lowest BCUT2D eigenvalue weighted by atomic mass is 10.00. The predicted octanol–water partition coefficient (Wildman–Crippen LogP) is 0.896. The molecular weight excluding hydrogens is 224 g/mol. The molecule has 1 N–H and O–H groups in total. The normalized spacial score (nSPS) is 41.5. The average Bonchev–Trinajstić information content (AvgIpc) is 2.68. The predicted molar refractivity (Wildman–Crippen MR) is 60.4 cm³/mol. The van der Waals surface area contributed by atoms with Gasteiger partial charge in [0, 0.05) is 13.7 Å². The van der Waals surface area contributed by atoms with Crippen molar-refractivity contribution in [3.05, 3.63) is 0 Å². The molecule has 0 spiro atoms. The van der Waals surface area contributed by atoms with E-state index in [9.17, 15) is 0 Å². The van der Waals surface area contributed by atoms with Gasteiger partial charge < -0.3 is 24.1 Å². The van der Waals surface area contributed by atoms with Gasteiger partial charge in [0.05, 0.1) is 6.10 Å². The minimum Gasteiger partial charge on any atom is -0.396 e. The minimum atomic E-state index is -0.611. The van der Waals surface area contributed by atoms with Crippen molar-refractivity contribution in [3.63, 3.8) is 0 Å². The fourth-order valence-corrected chi connectivity index (χ4v) is 2.49. The van der Waals surface area contributed by atoms with E-state index in [4.69, 9.17) is 24.1 Å². The number of ether oxygens (including phenoxy) is 4. The van der Waals surface area contributed by atoms with E-state index in [1.807, 2.05) is 20.8 Å². The Morgan fingerprint density at radius 3 is 2.65 bits per heavy atom. The number of methoxy groups -OCH3 is 1. The highest BCUT2D eigenvalue weighted by atomic mass is 16.8. The van der Waals surface area contributed by atoms with Gasteiger partial charge in [-0.3, -0.25) is 0 Å². The van der Waals surface area contributed by atoms with Gasteiger partial charge in [0.1, 0.15) is 12.2 Å². The molecule has 0 aliphatic carbocycles. The van der Waals surface area contributed by atoms with Crippen molar-refractivity contribution in [3.8, 4) is 0 Å². The molecule has 5 atom stereocenters. The second kappa shape index (κ2) is 4.82. The molecule has 2 aliphatic rings. The van der Waals surface area contributed by atoms with E-state index in [1.165, 1.54) is 0 Å². The Bertz CT molecular complexity index is 268. The summed E-state index contributed by atoms with van der Waals surface area (Å²) in [4.78, 5) is 0. The fourth-order valence-electron chi connectivity index (χ4n) is 2.49. The first-order chi connectivity index (χ1) is 7.96. The average molecular weight is 246 g/mol. The molecule has 5 nitrogen and oxygen atoms in total. The number of rotatable bonds is 4. The third-order valence-corrected chi connectivity index (χ3v) is 3.31. The summed E-state index contributed by atoms with van der Waals surface area (Å²) in [6.07, 6.45) is 0.00979. The summed E-state index contributed by atoms with van der Waals surface area (Å²) in [5, 5.41) is 9.08. The Morgan fingerprint density at radius 2 is 2.06 bits per heavy atom. The van der Waals surface area contributed by atoms with E-state index in [0.29, 0.717) is 0 Å².